The third-order valence-electron chi connectivity index (χ3n) is 6.41. The van der Waals surface area contributed by atoms with E-state index in [2.05, 4.69) is 21.2 Å². The summed E-state index contributed by atoms with van der Waals surface area (Å²) in [6.45, 7) is 5.24. The summed E-state index contributed by atoms with van der Waals surface area (Å²) in [6.07, 6.45) is 5.13. The molecule has 1 fully saturated rings. The maximum absolute atomic E-state index is 13.7. The lowest BCUT2D eigenvalue weighted by Crippen LogP contribution is -2.52. The molecule has 0 spiro atoms. The molecular weight excluding hydrogens is 530 g/mol. The van der Waals surface area contributed by atoms with Gasteiger partial charge >= 0.3 is 0 Å². The quantitative estimate of drug-likeness (QED) is 0.492. The summed E-state index contributed by atoms with van der Waals surface area (Å²) in [4.78, 5) is 28.2. The third kappa shape index (κ3) is 7.30. The van der Waals surface area contributed by atoms with E-state index < -0.39 is 28.5 Å². The molecule has 3 rings (SSSR count). The van der Waals surface area contributed by atoms with Crippen molar-refractivity contribution in [1.82, 2.24) is 10.2 Å². The Labute approximate surface area is 217 Å². The van der Waals surface area contributed by atoms with Crippen LogP contribution in [0.2, 0.25) is 0 Å². The van der Waals surface area contributed by atoms with Gasteiger partial charge in [-0.05, 0) is 62.9 Å². The van der Waals surface area contributed by atoms with Crippen molar-refractivity contribution in [3.05, 3.63) is 63.6 Å². The van der Waals surface area contributed by atoms with Crippen LogP contribution in [0.5, 0.6) is 0 Å². The van der Waals surface area contributed by atoms with Crippen LogP contribution in [0, 0.1) is 13.8 Å². The molecule has 0 aromatic heterocycles. The van der Waals surface area contributed by atoms with E-state index in [-0.39, 0.29) is 18.5 Å². The number of aryl methyl sites for hydroxylation is 2. The van der Waals surface area contributed by atoms with E-state index in [0.717, 1.165) is 57.4 Å². The van der Waals surface area contributed by atoms with Crippen LogP contribution in [-0.2, 0) is 26.2 Å². The van der Waals surface area contributed by atoms with Crippen molar-refractivity contribution in [1.29, 1.82) is 0 Å². The van der Waals surface area contributed by atoms with E-state index in [0.29, 0.717) is 5.69 Å². The van der Waals surface area contributed by atoms with E-state index >= 15 is 0 Å². The number of rotatable bonds is 9. The number of hydrogen-bond acceptors (Lipinski definition) is 4. The molecule has 2 aromatic carbocycles. The van der Waals surface area contributed by atoms with Crippen LogP contribution in [0.25, 0.3) is 0 Å². The number of hydrogen-bond donors (Lipinski definition) is 1. The highest BCUT2D eigenvalue weighted by Crippen LogP contribution is 2.25. The Kier molecular flexibility index (Phi) is 8.99. The fraction of sp³-hybridized carbons (Fsp3) is 0.462. The number of amides is 2. The predicted octanol–water partition coefficient (Wildman–Crippen LogP) is 4.31. The van der Waals surface area contributed by atoms with Crippen LogP contribution in [0.3, 0.4) is 0 Å². The zero-order chi connectivity index (χ0) is 25.8. The van der Waals surface area contributed by atoms with Crippen molar-refractivity contribution in [3.8, 4) is 0 Å². The van der Waals surface area contributed by atoms with Gasteiger partial charge in [-0.1, -0.05) is 58.6 Å². The molecule has 2 amide bonds. The molecule has 190 valence electrons. The molecule has 1 N–H and O–H groups in total. The Bertz CT molecular complexity index is 1180. The monoisotopic (exact) mass is 563 g/mol. The number of anilines is 1. The molecule has 0 heterocycles. The topological polar surface area (TPSA) is 86.8 Å². The minimum absolute atomic E-state index is 0.121. The van der Waals surface area contributed by atoms with E-state index in [1.165, 1.54) is 4.90 Å². The van der Waals surface area contributed by atoms with Gasteiger partial charge < -0.3 is 10.2 Å². The Morgan fingerprint density at radius 3 is 2.40 bits per heavy atom. The molecule has 1 aliphatic carbocycles. The van der Waals surface area contributed by atoms with Gasteiger partial charge in [-0.15, -0.1) is 0 Å². The molecule has 1 atom stereocenters. The van der Waals surface area contributed by atoms with E-state index in [9.17, 15) is 18.0 Å². The van der Waals surface area contributed by atoms with Crippen molar-refractivity contribution in [2.24, 2.45) is 0 Å². The molecule has 7 nitrogen and oxygen atoms in total. The summed E-state index contributed by atoms with van der Waals surface area (Å²) in [5.74, 6) is -0.665. The molecule has 1 aliphatic rings. The number of carbonyl (C=O) groups is 2. The second-order valence-corrected chi connectivity index (χ2v) is 12.2. The van der Waals surface area contributed by atoms with Crippen LogP contribution in [0.15, 0.2) is 46.9 Å². The number of halogens is 1. The van der Waals surface area contributed by atoms with Crippen molar-refractivity contribution in [2.75, 3.05) is 17.1 Å². The maximum Gasteiger partial charge on any atom is 0.244 e. The number of nitrogens with zero attached hydrogens (tertiary/aromatic N) is 2. The molecule has 2 aromatic rings. The Balaban J connectivity index is 1.90. The van der Waals surface area contributed by atoms with E-state index in [4.69, 9.17) is 0 Å². The highest BCUT2D eigenvalue weighted by molar-refractivity contribution is 9.10. The Hall–Kier alpha value is -2.39. The maximum atomic E-state index is 13.7. The van der Waals surface area contributed by atoms with Gasteiger partial charge in [-0.3, -0.25) is 13.9 Å². The molecule has 0 bridgehead atoms. The summed E-state index contributed by atoms with van der Waals surface area (Å²) in [5, 5.41) is 3.07. The first-order valence-corrected chi connectivity index (χ1v) is 14.5. The van der Waals surface area contributed by atoms with Gasteiger partial charge in [0.25, 0.3) is 0 Å². The first-order chi connectivity index (χ1) is 16.5. The zero-order valence-corrected chi connectivity index (χ0v) is 23.2. The average Bonchev–Trinajstić information content (AvgIpc) is 3.28. The summed E-state index contributed by atoms with van der Waals surface area (Å²) in [7, 11) is -3.75. The fourth-order valence-electron chi connectivity index (χ4n) is 4.49. The highest BCUT2D eigenvalue weighted by atomic mass is 79.9. The first kappa shape index (κ1) is 27.2. The Morgan fingerprint density at radius 2 is 1.80 bits per heavy atom. The standard InChI is InChI=1S/C26H34BrN3O4S/c1-18-12-13-24(19(2)14-18)30(35(4,33)34)17-25(31)29(16-21-8-7-9-22(27)15-21)20(3)26(32)28-23-10-5-6-11-23/h7-9,12-15,20,23H,5-6,10-11,16-17H2,1-4H3,(H,28,32)/t20-/m1/s1. The predicted molar refractivity (Wildman–Crippen MR) is 143 cm³/mol. The minimum atomic E-state index is -3.75. The molecule has 9 heteroatoms. The highest BCUT2D eigenvalue weighted by Gasteiger charge is 2.31. The number of carbonyl (C=O) groups excluding carboxylic acids is 2. The second kappa shape index (κ2) is 11.6. The summed E-state index contributed by atoms with van der Waals surface area (Å²) in [5.41, 5.74) is 3.05. The van der Waals surface area contributed by atoms with Gasteiger partial charge in [0.2, 0.25) is 21.8 Å². The van der Waals surface area contributed by atoms with Gasteiger partial charge in [-0.2, -0.15) is 0 Å². The lowest BCUT2D eigenvalue weighted by molar-refractivity contribution is -0.139. The molecule has 1 saturated carbocycles. The van der Waals surface area contributed by atoms with Crippen LogP contribution >= 0.6 is 15.9 Å². The van der Waals surface area contributed by atoms with Crippen molar-refractivity contribution in [3.63, 3.8) is 0 Å². The Morgan fingerprint density at radius 1 is 1.11 bits per heavy atom. The van der Waals surface area contributed by atoms with Gasteiger partial charge in [0, 0.05) is 17.1 Å². The largest absolute Gasteiger partial charge is 0.352 e. The van der Waals surface area contributed by atoms with Crippen LogP contribution in [0.1, 0.15) is 49.3 Å². The van der Waals surface area contributed by atoms with Crippen LogP contribution in [0.4, 0.5) is 5.69 Å². The zero-order valence-electron chi connectivity index (χ0n) is 20.8. The summed E-state index contributed by atoms with van der Waals surface area (Å²) < 4.78 is 27.5. The lowest BCUT2D eigenvalue weighted by atomic mass is 10.1. The molecule has 35 heavy (non-hydrogen) atoms. The van der Waals surface area contributed by atoms with Gasteiger partial charge in [0.05, 0.1) is 11.9 Å². The molecular formula is C26H34BrN3O4S. The number of benzene rings is 2. The van der Waals surface area contributed by atoms with Crippen LogP contribution in [-0.4, -0.2) is 50.0 Å². The average molecular weight is 565 g/mol. The van der Waals surface area contributed by atoms with Crippen LogP contribution < -0.4 is 9.62 Å². The van der Waals surface area contributed by atoms with Gasteiger partial charge in [0.15, 0.2) is 0 Å². The molecule has 0 aliphatic heterocycles. The second-order valence-electron chi connectivity index (χ2n) is 9.38. The third-order valence-corrected chi connectivity index (χ3v) is 8.03. The number of nitrogens with one attached hydrogen (secondary N) is 1. The molecule has 0 radical (unpaired) electrons. The fourth-order valence-corrected chi connectivity index (χ4v) is 5.84. The number of sulfonamides is 1. The summed E-state index contributed by atoms with van der Waals surface area (Å²) in [6, 6.07) is 12.3. The smallest absolute Gasteiger partial charge is 0.244 e. The van der Waals surface area contributed by atoms with Gasteiger partial charge in [0.1, 0.15) is 12.6 Å². The lowest BCUT2D eigenvalue weighted by Gasteiger charge is -2.32. The molecule has 0 saturated heterocycles. The van der Waals surface area contributed by atoms with Crippen molar-refractivity contribution >= 4 is 43.5 Å². The van der Waals surface area contributed by atoms with Crippen molar-refractivity contribution < 1.29 is 18.0 Å². The molecule has 0 unspecified atom stereocenters. The van der Waals surface area contributed by atoms with E-state index in [1.807, 2.05) is 50.2 Å². The SMILES string of the molecule is Cc1ccc(N(CC(=O)N(Cc2cccc(Br)c2)[C@H](C)C(=O)NC2CCCC2)S(C)(=O)=O)c(C)c1. The van der Waals surface area contributed by atoms with E-state index in [1.54, 1.807) is 13.0 Å². The first-order valence-electron chi connectivity index (χ1n) is 11.8. The van der Waals surface area contributed by atoms with Crippen molar-refractivity contribution in [2.45, 2.75) is 65.1 Å². The summed E-state index contributed by atoms with van der Waals surface area (Å²) >= 11 is 3.45. The van der Waals surface area contributed by atoms with Gasteiger partial charge in [-0.25, -0.2) is 8.42 Å². The minimum Gasteiger partial charge on any atom is -0.352 e. The normalized spacial score (nSPS) is 15.0.